The van der Waals surface area contributed by atoms with Crippen LogP contribution in [0.1, 0.15) is 23.7 Å². The zero-order valence-corrected chi connectivity index (χ0v) is 20.1. The monoisotopic (exact) mass is 490 g/mol. The van der Waals surface area contributed by atoms with Crippen molar-refractivity contribution in [3.05, 3.63) is 59.5 Å². The van der Waals surface area contributed by atoms with Crippen LogP contribution in [-0.4, -0.2) is 54.0 Å². The number of halogens is 1. The van der Waals surface area contributed by atoms with Gasteiger partial charge in [-0.05, 0) is 31.2 Å². The molecule has 4 heterocycles. The van der Waals surface area contributed by atoms with E-state index in [1.807, 2.05) is 25.1 Å². The van der Waals surface area contributed by atoms with Crippen molar-refractivity contribution in [1.82, 2.24) is 15.0 Å². The summed E-state index contributed by atoms with van der Waals surface area (Å²) in [4.78, 5) is 15.1. The highest BCUT2D eigenvalue weighted by atomic mass is 32.2. The highest BCUT2D eigenvalue weighted by Gasteiger charge is 2.32. The largest absolute Gasteiger partial charge is 0.489 e. The van der Waals surface area contributed by atoms with Crippen molar-refractivity contribution in [2.24, 2.45) is 0 Å². The number of thioether (sulfide) groups is 1. The van der Waals surface area contributed by atoms with E-state index in [0.29, 0.717) is 40.2 Å². The van der Waals surface area contributed by atoms with Gasteiger partial charge in [0.15, 0.2) is 0 Å². The van der Waals surface area contributed by atoms with Crippen molar-refractivity contribution < 1.29 is 13.9 Å². The molecule has 0 saturated carbocycles. The van der Waals surface area contributed by atoms with Gasteiger partial charge in [0.1, 0.15) is 47.1 Å². The fraction of sp³-hybridized carbons (Fsp3) is 0.320. The molecule has 35 heavy (non-hydrogen) atoms. The molecule has 178 valence electrons. The Hall–Kier alpha value is -3.73. The van der Waals surface area contributed by atoms with Crippen LogP contribution in [0.5, 0.6) is 5.75 Å². The van der Waals surface area contributed by atoms with Gasteiger partial charge in [-0.25, -0.2) is 9.37 Å². The molecule has 0 aromatic carbocycles. The van der Waals surface area contributed by atoms with Gasteiger partial charge in [-0.1, -0.05) is 17.8 Å². The van der Waals surface area contributed by atoms with Crippen molar-refractivity contribution >= 4 is 17.6 Å². The number of anilines is 1. The molecule has 0 spiro atoms. The fourth-order valence-electron chi connectivity index (χ4n) is 3.47. The molecule has 0 aliphatic carbocycles. The van der Waals surface area contributed by atoms with Gasteiger partial charge in [0, 0.05) is 24.6 Å². The third-order valence-electron chi connectivity index (χ3n) is 5.47. The summed E-state index contributed by atoms with van der Waals surface area (Å²) in [6, 6.07) is 13.4. The summed E-state index contributed by atoms with van der Waals surface area (Å²) in [7, 11) is 1.61. The molecule has 1 aliphatic heterocycles. The molecule has 3 aromatic heterocycles. The Bertz CT molecular complexity index is 1250. The van der Waals surface area contributed by atoms with Gasteiger partial charge in [-0.3, -0.25) is 9.97 Å². The highest BCUT2D eigenvalue weighted by molar-refractivity contribution is 7.98. The predicted octanol–water partition coefficient (Wildman–Crippen LogP) is 4.15. The van der Waals surface area contributed by atoms with E-state index in [0.717, 1.165) is 5.69 Å². The third-order valence-corrected chi connectivity index (χ3v) is 6.48. The molecule has 0 radical (unpaired) electrons. The summed E-state index contributed by atoms with van der Waals surface area (Å²) in [5.74, 6) is 1.38. The van der Waals surface area contributed by atoms with Gasteiger partial charge in [0.25, 0.3) is 0 Å². The Kier molecular flexibility index (Phi) is 7.76. The van der Waals surface area contributed by atoms with Crippen LogP contribution >= 0.6 is 11.8 Å². The molecule has 0 amide bonds. The van der Waals surface area contributed by atoms with Crippen molar-refractivity contribution in [1.29, 1.82) is 10.5 Å². The van der Waals surface area contributed by atoms with Gasteiger partial charge in [-0.2, -0.15) is 10.5 Å². The molecule has 0 N–H and O–H groups in total. The van der Waals surface area contributed by atoms with Crippen LogP contribution < -0.4 is 9.64 Å². The molecule has 8 nitrogen and oxygen atoms in total. The maximum Gasteiger partial charge on any atom is 0.148 e. The number of pyridine rings is 3. The van der Waals surface area contributed by atoms with E-state index in [2.05, 4.69) is 27.1 Å². The molecule has 0 unspecified atom stereocenters. The number of nitrogens with zero attached hydrogens (tertiary/aromatic N) is 6. The molecule has 0 bridgehead atoms. The van der Waals surface area contributed by atoms with Crippen molar-refractivity contribution in [2.75, 3.05) is 31.7 Å². The minimum absolute atomic E-state index is 0.0811. The van der Waals surface area contributed by atoms with Gasteiger partial charge in [0.05, 0.1) is 42.3 Å². The van der Waals surface area contributed by atoms with Gasteiger partial charge in [0.2, 0.25) is 0 Å². The van der Waals surface area contributed by atoms with E-state index in [4.69, 9.17) is 9.47 Å². The smallest absolute Gasteiger partial charge is 0.148 e. The molecule has 1 aliphatic rings. The Balaban J connectivity index is 1.74. The summed E-state index contributed by atoms with van der Waals surface area (Å²) in [6.07, 6.45) is 2.19. The van der Waals surface area contributed by atoms with Crippen molar-refractivity contribution in [2.45, 2.75) is 30.0 Å². The average molecular weight is 491 g/mol. The highest BCUT2D eigenvalue weighted by Crippen LogP contribution is 2.39. The minimum Gasteiger partial charge on any atom is -0.489 e. The molecule has 1 saturated heterocycles. The van der Waals surface area contributed by atoms with E-state index >= 15 is 0 Å². The first-order chi connectivity index (χ1) is 17.0. The van der Waals surface area contributed by atoms with Crippen LogP contribution in [-0.2, 0) is 10.5 Å². The van der Waals surface area contributed by atoms with Crippen molar-refractivity contribution in [3.8, 4) is 29.1 Å². The molecular formula is C25H23FN6O2S. The second-order valence-electron chi connectivity index (χ2n) is 7.94. The average Bonchev–Trinajstić information content (AvgIpc) is 2.88. The SMILES string of the molecule is CO[C@H](C)COc1ccc(-c2c(C#N)c(SCc3ccccn3)nc(N3CC(F)C3)c2C#N)nc1. The van der Waals surface area contributed by atoms with Crippen LogP contribution in [0.15, 0.2) is 47.8 Å². The first-order valence-electron chi connectivity index (χ1n) is 11.0. The zero-order valence-electron chi connectivity index (χ0n) is 19.3. The standard InChI is InChI=1S/C25H23FN6O2S/c1-16(33-2)14-34-19-6-7-22(30-11-19)23-20(9-27)24(32-12-17(26)13-32)31-25(21(23)10-28)35-15-18-5-3-4-8-29-18/h3-8,11,16-17H,12-15H2,1-2H3/t16-/m1/s1. The molecule has 1 fully saturated rings. The second-order valence-corrected chi connectivity index (χ2v) is 8.90. The fourth-order valence-corrected chi connectivity index (χ4v) is 4.37. The predicted molar refractivity (Wildman–Crippen MR) is 130 cm³/mol. The van der Waals surface area contributed by atoms with Crippen LogP contribution in [0.2, 0.25) is 0 Å². The number of aromatic nitrogens is 3. The summed E-state index contributed by atoms with van der Waals surface area (Å²) >= 11 is 1.34. The maximum absolute atomic E-state index is 13.7. The van der Waals surface area contributed by atoms with E-state index in [1.165, 1.54) is 11.8 Å². The van der Waals surface area contributed by atoms with E-state index < -0.39 is 6.17 Å². The van der Waals surface area contributed by atoms with Crippen LogP contribution in [0.3, 0.4) is 0 Å². The first kappa shape index (κ1) is 24.4. The third kappa shape index (κ3) is 5.51. The lowest BCUT2D eigenvalue weighted by Crippen LogP contribution is -2.49. The summed E-state index contributed by atoms with van der Waals surface area (Å²) in [5.41, 5.74) is 2.09. The van der Waals surface area contributed by atoms with Crippen molar-refractivity contribution in [3.63, 3.8) is 0 Å². The zero-order chi connectivity index (χ0) is 24.8. The lowest BCUT2D eigenvalue weighted by Gasteiger charge is -2.36. The maximum atomic E-state index is 13.7. The normalized spacial score (nSPS) is 14.0. The van der Waals surface area contributed by atoms with Crippen LogP contribution in [0.25, 0.3) is 11.3 Å². The van der Waals surface area contributed by atoms with Crippen LogP contribution in [0.4, 0.5) is 10.2 Å². The Morgan fingerprint density at radius 3 is 2.57 bits per heavy atom. The lowest BCUT2D eigenvalue weighted by atomic mass is 9.99. The number of hydrogen-bond donors (Lipinski definition) is 0. The van der Waals surface area contributed by atoms with E-state index in [1.54, 1.807) is 36.5 Å². The van der Waals surface area contributed by atoms with Gasteiger partial charge < -0.3 is 14.4 Å². The number of hydrogen-bond acceptors (Lipinski definition) is 9. The molecule has 10 heteroatoms. The number of alkyl halides is 1. The molecular weight excluding hydrogens is 467 g/mol. The number of ether oxygens (including phenoxy) is 2. The minimum atomic E-state index is -0.976. The van der Waals surface area contributed by atoms with Crippen LogP contribution in [0, 0.1) is 22.7 Å². The van der Waals surface area contributed by atoms with E-state index in [9.17, 15) is 14.9 Å². The Labute approximate surface area is 207 Å². The number of rotatable bonds is 9. The van der Waals surface area contributed by atoms with Gasteiger partial charge >= 0.3 is 0 Å². The molecule has 1 atom stereocenters. The second kappa shape index (κ2) is 11.1. The lowest BCUT2D eigenvalue weighted by molar-refractivity contribution is 0.0715. The molecule has 4 rings (SSSR count). The molecule has 3 aromatic rings. The first-order valence-corrected chi connectivity index (χ1v) is 11.9. The Morgan fingerprint density at radius 1 is 1.17 bits per heavy atom. The Morgan fingerprint density at radius 2 is 1.97 bits per heavy atom. The quantitative estimate of drug-likeness (QED) is 0.409. The number of methoxy groups -OCH3 is 1. The van der Waals surface area contributed by atoms with Gasteiger partial charge in [-0.15, -0.1) is 0 Å². The topological polar surface area (TPSA) is 108 Å². The summed E-state index contributed by atoms with van der Waals surface area (Å²) in [5, 5.41) is 20.6. The van der Waals surface area contributed by atoms with E-state index in [-0.39, 0.29) is 30.3 Å². The summed E-state index contributed by atoms with van der Waals surface area (Å²) in [6.45, 7) is 2.54. The summed E-state index contributed by atoms with van der Waals surface area (Å²) < 4.78 is 24.5. The number of nitriles is 2.